The summed E-state index contributed by atoms with van der Waals surface area (Å²) in [7, 11) is 0. The zero-order valence-corrected chi connectivity index (χ0v) is 14.6. The lowest BCUT2D eigenvalue weighted by Gasteiger charge is -2.15. The number of para-hydroxylation sites is 2. The Labute approximate surface area is 144 Å². The lowest BCUT2D eigenvalue weighted by Crippen LogP contribution is -2.11. The number of hydrogen-bond acceptors (Lipinski definition) is 1. The first-order valence-corrected chi connectivity index (χ1v) is 9.33. The fraction of sp³-hybridized carbons (Fsp3) is 0.409. The van der Waals surface area contributed by atoms with Crippen LogP contribution in [0.5, 0.6) is 0 Å². The monoisotopic (exact) mass is 321 g/mol. The molecule has 3 aromatic rings. The molecule has 0 aliphatic rings. The Morgan fingerprint density at radius 3 is 1.79 bits per heavy atom. The highest BCUT2D eigenvalue weighted by molar-refractivity contribution is 5.93. The Hall–Kier alpha value is -2.09. The van der Waals surface area contributed by atoms with Gasteiger partial charge in [0, 0.05) is 17.3 Å². The summed E-state index contributed by atoms with van der Waals surface area (Å²) in [4.78, 5) is 12.7. The minimum atomic E-state index is 0.150. The third-order valence-electron chi connectivity index (χ3n) is 4.86. The number of unbranched alkanes of at least 4 members (excludes halogenated alkanes) is 6. The van der Waals surface area contributed by atoms with Gasteiger partial charge in [-0.3, -0.25) is 4.79 Å². The van der Waals surface area contributed by atoms with Crippen LogP contribution >= 0.6 is 0 Å². The van der Waals surface area contributed by atoms with Crippen LogP contribution < -0.4 is 5.43 Å². The minimum absolute atomic E-state index is 0.150. The molecule has 0 radical (unpaired) electrons. The van der Waals surface area contributed by atoms with Gasteiger partial charge in [0.25, 0.3) is 0 Å². The molecule has 0 fully saturated rings. The first kappa shape index (κ1) is 16.8. The third kappa shape index (κ3) is 3.53. The van der Waals surface area contributed by atoms with E-state index in [4.69, 9.17) is 0 Å². The standard InChI is InChI=1S/C22H27NO/c1-2-3-4-5-6-7-12-17-23-20-15-10-8-13-18(20)22(24)19-14-9-11-16-21(19)23/h8-11,13-16H,2-7,12,17H2,1H3. The number of benzene rings is 2. The highest BCUT2D eigenvalue weighted by atomic mass is 16.1. The second-order valence-electron chi connectivity index (χ2n) is 6.64. The Bertz CT molecular complexity index is 803. The predicted octanol–water partition coefficient (Wildman–Crippen LogP) is 5.91. The molecular formula is C22H27NO. The van der Waals surface area contributed by atoms with E-state index in [1.165, 1.54) is 44.9 Å². The number of aryl methyl sites for hydroxylation is 1. The molecule has 2 aromatic carbocycles. The van der Waals surface area contributed by atoms with Crippen LogP contribution in [0, 0.1) is 0 Å². The molecule has 0 N–H and O–H groups in total. The molecule has 0 aliphatic carbocycles. The normalized spacial score (nSPS) is 11.4. The Kier molecular flexibility index (Phi) is 5.68. The largest absolute Gasteiger partial charge is 0.340 e. The lowest BCUT2D eigenvalue weighted by atomic mass is 10.1. The summed E-state index contributed by atoms with van der Waals surface area (Å²) in [6.07, 6.45) is 9.11. The van der Waals surface area contributed by atoms with E-state index < -0.39 is 0 Å². The molecule has 0 aliphatic heterocycles. The van der Waals surface area contributed by atoms with Crippen molar-refractivity contribution in [1.29, 1.82) is 0 Å². The second-order valence-corrected chi connectivity index (χ2v) is 6.64. The highest BCUT2D eigenvalue weighted by Gasteiger charge is 2.09. The maximum atomic E-state index is 12.7. The molecule has 1 aromatic heterocycles. The van der Waals surface area contributed by atoms with E-state index in [-0.39, 0.29) is 5.43 Å². The van der Waals surface area contributed by atoms with E-state index in [2.05, 4.69) is 23.6 Å². The van der Waals surface area contributed by atoms with Gasteiger partial charge in [0.2, 0.25) is 0 Å². The zero-order valence-electron chi connectivity index (χ0n) is 14.6. The zero-order chi connectivity index (χ0) is 16.8. The van der Waals surface area contributed by atoms with E-state index in [1.807, 2.05) is 36.4 Å². The van der Waals surface area contributed by atoms with Crippen molar-refractivity contribution in [1.82, 2.24) is 4.57 Å². The fourth-order valence-electron chi connectivity index (χ4n) is 3.54. The van der Waals surface area contributed by atoms with Gasteiger partial charge in [-0.2, -0.15) is 0 Å². The van der Waals surface area contributed by atoms with Gasteiger partial charge in [0.05, 0.1) is 11.0 Å². The van der Waals surface area contributed by atoms with E-state index in [0.717, 1.165) is 28.4 Å². The molecule has 3 rings (SSSR count). The van der Waals surface area contributed by atoms with Crippen LogP contribution in [-0.4, -0.2) is 4.57 Å². The van der Waals surface area contributed by atoms with Crippen molar-refractivity contribution in [2.45, 2.75) is 58.4 Å². The van der Waals surface area contributed by atoms with Crippen molar-refractivity contribution in [2.75, 3.05) is 0 Å². The third-order valence-corrected chi connectivity index (χ3v) is 4.86. The van der Waals surface area contributed by atoms with Crippen LogP contribution in [0.25, 0.3) is 21.8 Å². The Morgan fingerprint density at radius 1 is 0.708 bits per heavy atom. The van der Waals surface area contributed by atoms with Gasteiger partial charge in [-0.05, 0) is 30.7 Å². The number of aromatic nitrogens is 1. The summed E-state index contributed by atoms with van der Waals surface area (Å²) in [5.41, 5.74) is 2.27. The van der Waals surface area contributed by atoms with Crippen LogP contribution in [0.2, 0.25) is 0 Å². The van der Waals surface area contributed by atoms with Crippen molar-refractivity contribution in [3.8, 4) is 0 Å². The maximum Gasteiger partial charge on any atom is 0.197 e. The summed E-state index contributed by atoms with van der Waals surface area (Å²) in [5.74, 6) is 0. The van der Waals surface area contributed by atoms with Gasteiger partial charge in [-0.25, -0.2) is 0 Å². The van der Waals surface area contributed by atoms with Crippen LogP contribution in [0.1, 0.15) is 51.9 Å². The summed E-state index contributed by atoms with van der Waals surface area (Å²) in [5, 5.41) is 1.67. The summed E-state index contributed by atoms with van der Waals surface area (Å²) in [6.45, 7) is 3.24. The molecule has 0 saturated carbocycles. The molecule has 1 heterocycles. The quantitative estimate of drug-likeness (QED) is 0.373. The molecule has 126 valence electrons. The van der Waals surface area contributed by atoms with Gasteiger partial charge in [-0.15, -0.1) is 0 Å². The molecule has 0 atom stereocenters. The Balaban J connectivity index is 1.83. The number of hydrogen-bond donors (Lipinski definition) is 0. The summed E-state index contributed by atoms with van der Waals surface area (Å²) in [6, 6.07) is 16.0. The van der Waals surface area contributed by atoms with E-state index in [1.54, 1.807) is 0 Å². The molecule has 2 nitrogen and oxygen atoms in total. The SMILES string of the molecule is CCCCCCCCCn1c2ccccc2c(=O)c2ccccc21. The summed E-state index contributed by atoms with van der Waals surface area (Å²) >= 11 is 0. The molecule has 24 heavy (non-hydrogen) atoms. The predicted molar refractivity (Wildman–Crippen MR) is 104 cm³/mol. The average molecular weight is 321 g/mol. The number of nitrogens with zero attached hydrogens (tertiary/aromatic N) is 1. The minimum Gasteiger partial charge on any atom is -0.340 e. The second kappa shape index (κ2) is 8.14. The van der Waals surface area contributed by atoms with Crippen molar-refractivity contribution in [2.24, 2.45) is 0 Å². The van der Waals surface area contributed by atoms with Gasteiger partial charge >= 0.3 is 0 Å². The van der Waals surface area contributed by atoms with Gasteiger partial charge in [-0.1, -0.05) is 69.7 Å². The van der Waals surface area contributed by atoms with E-state index >= 15 is 0 Å². The molecule has 0 amide bonds. The fourth-order valence-corrected chi connectivity index (χ4v) is 3.54. The first-order chi connectivity index (χ1) is 11.8. The number of pyridine rings is 1. The van der Waals surface area contributed by atoms with Crippen LogP contribution in [0.4, 0.5) is 0 Å². The Morgan fingerprint density at radius 2 is 1.21 bits per heavy atom. The number of fused-ring (bicyclic) bond motifs is 2. The van der Waals surface area contributed by atoms with Crippen LogP contribution in [0.3, 0.4) is 0 Å². The van der Waals surface area contributed by atoms with Crippen molar-refractivity contribution in [3.05, 3.63) is 58.8 Å². The molecular weight excluding hydrogens is 294 g/mol. The molecule has 0 spiro atoms. The molecule has 0 saturated heterocycles. The maximum absolute atomic E-state index is 12.7. The highest BCUT2D eigenvalue weighted by Crippen LogP contribution is 2.20. The topological polar surface area (TPSA) is 22.0 Å². The average Bonchev–Trinajstić information content (AvgIpc) is 2.63. The summed E-state index contributed by atoms with van der Waals surface area (Å²) < 4.78 is 2.33. The van der Waals surface area contributed by atoms with Gasteiger partial charge in [0.1, 0.15) is 0 Å². The smallest absolute Gasteiger partial charge is 0.197 e. The van der Waals surface area contributed by atoms with Crippen LogP contribution in [0.15, 0.2) is 53.3 Å². The molecule has 0 bridgehead atoms. The van der Waals surface area contributed by atoms with E-state index in [0.29, 0.717) is 0 Å². The number of rotatable bonds is 8. The van der Waals surface area contributed by atoms with Crippen molar-refractivity contribution < 1.29 is 0 Å². The van der Waals surface area contributed by atoms with Crippen LogP contribution in [-0.2, 0) is 6.54 Å². The van der Waals surface area contributed by atoms with Gasteiger partial charge in [0.15, 0.2) is 5.43 Å². The molecule has 0 unspecified atom stereocenters. The lowest BCUT2D eigenvalue weighted by molar-refractivity contribution is 0.560. The van der Waals surface area contributed by atoms with E-state index in [9.17, 15) is 4.79 Å². The van der Waals surface area contributed by atoms with Crippen molar-refractivity contribution >= 4 is 21.8 Å². The van der Waals surface area contributed by atoms with Crippen molar-refractivity contribution in [3.63, 3.8) is 0 Å². The molecule has 2 heteroatoms. The first-order valence-electron chi connectivity index (χ1n) is 9.33. The van der Waals surface area contributed by atoms with Gasteiger partial charge < -0.3 is 4.57 Å².